The van der Waals surface area contributed by atoms with E-state index in [0.717, 1.165) is 6.08 Å². The zero-order chi connectivity index (χ0) is 16.0. The Morgan fingerprint density at radius 1 is 1.33 bits per heavy atom. The number of aliphatic carboxylic acids is 1. The van der Waals surface area contributed by atoms with Crippen molar-refractivity contribution in [2.24, 2.45) is 0 Å². The second kappa shape index (κ2) is 7.04. The molecular weight excluding hydrogens is 268 g/mol. The summed E-state index contributed by atoms with van der Waals surface area (Å²) in [5, 5.41) is 11.5. The molecular formula is C16H22N2O3. The molecule has 0 radical (unpaired) electrons. The van der Waals surface area contributed by atoms with E-state index in [0.29, 0.717) is 17.7 Å². The molecule has 0 aliphatic heterocycles. The van der Waals surface area contributed by atoms with Crippen LogP contribution in [0.4, 0.5) is 0 Å². The van der Waals surface area contributed by atoms with Crippen molar-refractivity contribution in [2.45, 2.75) is 19.4 Å². The van der Waals surface area contributed by atoms with Gasteiger partial charge in [-0.05, 0) is 51.7 Å². The van der Waals surface area contributed by atoms with Crippen LogP contribution in [0, 0.1) is 0 Å². The predicted octanol–water partition coefficient (Wildman–Crippen LogP) is 1.85. The van der Waals surface area contributed by atoms with Crippen LogP contribution in [0.2, 0.25) is 0 Å². The number of likely N-dealkylation sites (N-methyl/N-ethyl adjacent to an activating group) is 1. The molecule has 0 saturated heterocycles. The van der Waals surface area contributed by atoms with E-state index in [4.69, 9.17) is 5.11 Å². The summed E-state index contributed by atoms with van der Waals surface area (Å²) >= 11 is 0. The van der Waals surface area contributed by atoms with Gasteiger partial charge in [0.2, 0.25) is 0 Å². The molecule has 1 amide bonds. The van der Waals surface area contributed by atoms with Crippen LogP contribution < -0.4 is 5.32 Å². The first-order chi connectivity index (χ1) is 9.72. The number of carbonyl (C=O) groups excluding carboxylic acids is 1. The van der Waals surface area contributed by atoms with E-state index in [1.54, 1.807) is 24.3 Å². The molecule has 5 nitrogen and oxygen atoms in total. The number of hydrogen-bond donors (Lipinski definition) is 2. The minimum Gasteiger partial charge on any atom is -0.478 e. The van der Waals surface area contributed by atoms with Gasteiger partial charge in [0.05, 0.1) is 0 Å². The Hall–Kier alpha value is -2.14. The molecule has 0 unspecified atom stereocenters. The van der Waals surface area contributed by atoms with E-state index in [2.05, 4.69) is 5.32 Å². The molecule has 114 valence electrons. The van der Waals surface area contributed by atoms with Gasteiger partial charge in [-0.3, -0.25) is 4.79 Å². The number of hydrogen-bond acceptors (Lipinski definition) is 3. The Balaban J connectivity index is 2.75. The lowest BCUT2D eigenvalue weighted by Gasteiger charge is -2.32. The van der Waals surface area contributed by atoms with Gasteiger partial charge in [0.25, 0.3) is 5.91 Å². The summed E-state index contributed by atoms with van der Waals surface area (Å²) in [6.45, 7) is 4.60. The quantitative estimate of drug-likeness (QED) is 0.785. The summed E-state index contributed by atoms with van der Waals surface area (Å²) in [7, 11) is 3.92. The van der Waals surface area contributed by atoms with Crippen molar-refractivity contribution >= 4 is 18.0 Å². The van der Waals surface area contributed by atoms with Crippen molar-refractivity contribution in [1.29, 1.82) is 0 Å². The van der Waals surface area contributed by atoms with Crippen LogP contribution in [0.1, 0.15) is 29.8 Å². The van der Waals surface area contributed by atoms with Gasteiger partial charge in [-0.15, -0.1) is 0 Å². The molecule has 0 heterocycles. The first-order valence-electron chi connectivity index (χ1n) is 6.69. The normalized spacial score (nSPS) is 11.9. The van der Waals surface area contributed by atoms with Crippen molar-refractivity contribution < 1.29 is 14.7 Å². The fraction of sp³-hybridized carbons (Fsp3) is 0.375. The van der Waals surface area contributed by atoms with Gasteiger partial charge in [-0.2, -0.15) is 0 Å². The Morgan fingerprint density at radius 2 is 2.00 bits per heavy atom. The maximum atomic E-state index is 12.1. The van der Waals surface area contributed by atoms with Crippen molar-refractivity contribution in [2.75, 3.05) is 20.6 Å². The van der Waals surface area contributed by atoms with Crippen LogP contribution in [0.3, 0.4) is 0 Å². The lowest BCUT2D eigenvalue weighted by Crippen LogP contribution is -2.48. The monoisotopic (exact) mass is 290 g/mol. The molecule has 1 rings (SSSR count). The summed E-state index contributed by atoms with van der Waals surface area (Å²) < 4.78 is 0. The average Bonchev–Trinajstić information content (AvgIpc) is 2.42. The number of carboxylic acid groups (broad SMARTS) is 1. The van der Waals surface area contributed by atoms with Gasteiger partial charge in [-0.25, -0.2) is 4.79 Å². The Bertz CT molecular complexity index is 548. The Labute approximate surface area is 125 Å². The van der Waals surface area contributed by atoms with E-state index in [1.165, 1.54) is 6.08 Å². The second-order valence-corrected chi connectivity index (χ2v) is 5.69. The highest BCUT2D eigenvalue weighted by atomic mass is 16.4. The predicted molar refractivity (Wildman–Crippen MR) is 83.2 cm³/mol. The highest BCUT2D eigenvalue weighted by Gasteiger charge is 2.21. The zero-order valence-corrected chi connectivity index (χ0v) is 12.9. The minimum absolute atomic E-state index is 0.142. The van der Waals surface area contributed by atoms with Crippen LogP contribution in [0.25, 0.3) is 6.08 Å². The van der Waals surface area contributed by atoms with Crippen LogP contribution >= 0.6 is 0 Å². The Morgan fingerprint density at radius 3 is 2.57 bits per heavy atom. The van der Waals surface area contributed by atoms with E-state index in [1.807, 2.05) is 32.8 Å². The van der Waals surface area contributed by atoms with Gasteiger partial charge < -0.3 is 15.3 Å². The molecule has 1 aromatic carbocycles. The molecule has 21 heavy (non-hydrogen) atoms. The zero-order valence-electron chi connectivity index (χ0n) is 12.9. The van der Waals surface area contributed by atoms with E-state index < -0.39 is 5.97 Å². The Kier molecular flexibility index (Phi) is 5.67. The largest absolute Gasteiger partial charge is 0.478 e. The number of benzene rings is 1. The number of carboxylic acids is 1. The maximum Gasteiger partial charge on any atom is 0.328 e. The molecule has 0 bridgehead atoms. The summed E-state index contributed by atoms with van der Waals surface area (Å²) in [6, 6.07) is 6.85. The van der Waals surface area contributed by atoms with Crippen LogP contribution in [0.5, 0.6) is 0 Å². The smallest absolute Gasteiger partial charge is 0.328 e. The van der Waals surface area contributed by atoms with Gasteiger partial charge in [0, 0.05) is 23.7 Å². The molecule has 0 spiro atoms. The van der Waals surface area contributed by atoms with Crippen molar-refractivity contribution in [3.05, 3.63) is 41.5 Å². The summed E-state index contributed by atoms with van der Waals surface area (Å²) in [5.41, 5.74) is 1.05. The number of carbonyl (C=O) groups is 2. The highest BCUT2D eigenvalue weighted by Crippen LogP contribution is 2.10. The topological polar surface area (TPSA) is 69.6 Å². The molecule has 0 aromatic heterocycles. The number of nitrogens with one attached hydrogen (secondary N) is 1. The molecule has 5 heteroatoms. The van der Waals surface area contributed by atoms with Crippen molar-refractivity contribution in [3.8, 4) is 0 Å². The lowest BCUT2D eigenvalue weighted by atomic mass is 10.0. The summed E-state index contributed by atoms with van der Waals surface area (Å²) in [5.74, 6) is -1.19. The number of rotatable bonds is 6. The molecule has 0 fully saturated rings. The molecule has 0 aliphatic carbocycles. The van der Waals surface area contributed by atoms with Gasteiger partial charge in [0.15, 0.2) is 0 Å². The van der Waals surface area contributed by atoms with E-state index in [9.17, 15) is 9.59 Å². The van der Waals surface area contributed by atoms with Gasteiger partial charge in [-0.1, -0.05) is 12.1 Å². The maximum absolute atomic E-state index is 12.1. The molecule has 0 aliphatic rings. The summed E-state index contributed by atoms with van der Waals surface area (Å²) in [4.78, 5) is 24.7. The standard InChI is InChI=1S/C16H22N2O3/c1-16(2,18(3)4)11-17-15(21)13-7-5-6-12(10-13)8-9-14(19)20/h5-10H,11H2,1-4H3,(H,17,21)(H,19,20). The lowest BCUT2D eigenvalue weighted by molar-refractivity contribution is -0.131. The molecule has 0 atom stereocenters. The van der Waals surface area contributed by atoms with Gasteiger partial charge in [0.1, 0.15) is 0 Å². The second-order valence-electron chi connectivity index (χ2n) is 5.69. The molecule has 2 N–H and O–H groups in total. The molecule has 0 saturated carbocycles. The highest BCUT2D eigenvalue weighted by molar-refractivity contribution is 5.95. The van der Waals surface area contributed by atoms with E-state index in [-0.39, 0.29) is 11.4 Å². The molecule has 1 aromatic rings. The number of amides is 1. The van der Waals surface area contributed by atoms with Gasteiger partial charge >= 0.3 is 5.97 Å². The third-order valence-corrected chi connectivity index (χ3v) is 3.46. The van der Waals surface area contributed by atoms with Crippen molar-refractivity contribution in [3.63, 3.8) is 0 Å². The first kappa shape index (κ1) is 16.9. The van der Waals surface area contributed by atoms with Crippen molar-refractivity contribution in [1.82, 2.24) is 10.2 Å². The minimum atomic E-state index is -1.02. The van der Waals surface area contributed by atoms with Crippen LogP contribution in [-0.4, -0.2) is 48.1 Å². The fourth-order valence-electron chi connectivity index (χ4n) is 1.51. The summed E-state index contributed by atoms with van der Waals surface area (Å²) in [6.07, 6.45) is 2.51. The van der Waals surface area contributed by atoms with Crippen LogP contribution in [-0.2, 0) is 4.79 Å². The average molecular weight is 290 g/mol. The number of nitrogens with zero attached hydrogens (tertiary/aromatic N) is 1. The third kappa shape index (κ3) is 5.39. The van der Waals surface area contributed by atoms with Crippen LogP contribution in [0.15, 0.2) is 30.3 Å². The first-order valence-corrected chi connectivity index (χ1v) is 6.69. The SMILES string of the molecule is CN(C)C(C)(C)CNC(=O)c1cccc(C=CC(=O)O)c1. The fourth-order valence-corrected chi connectivity index (χ4v) is 1.51. The van der Waals surface area contributed by atoms with E-state index >= 15 is 0 Å². The third-order valence-electron chi connectivity index (χ3n) is 3.46.